The zero-order valence-electron chi connectivity index (χ0n) is 15.1. The van der Waals surface area contributed by atoms with Gasteiger partial charge in [0, 0.05) is 38.3 Å². The molecule has 0 unspecified atom stereocenters. The average molecular weight is 462 g/mol. The monoisotopic (exact) mass is 462 g/mol. The summed E-state index contributed by atoms with van der Waals surface area (Å²) in [6.07, 6.45) is 3.59. The Labute approximate surface area is 165 Å². The third-order valence-corrected chi connectivity index (χ3v) is 4.37. The molecule has 0 bridgehead atoms. The van der Waals surface area contributed by atoms with Crippen LogP contribution in [-0.2, 0) is 16.6 Å². The van der Waals surface area contributed by atoms with Gasteiger partial charge < -0.3 is 19.9 Å². The molecule has 1 aromatic rings. The molecule has 8 nitrogen and oxygen atoms in total. The first kappa shape index (κ1) is 20.0. The Morgan fingerprint density at radius 2 is 2.20 bits per heavy atom. The van der Waals surface area contributed by atoms with Crippen molar-refractivity contribution in [1.82, 2.24) is 20.0 Å². The second-order valence-corrected chi connectivity index (χ2v) is 6.81. The van der Waals surface area contributed by atoms with Crippen LogP contribution in [0, 0.1) is 5.41 Å². The second-order valence-electron chi connectivity index (χ2n) is 6.81. The highest BCUT2D eigenvalue weighted by atomic mass is 127. The number of hydrogen-bond donors (Lipinski definition) is 1. The van der Waals surface area contributed by atoms with Crippen LogP contribution in [0.15, 0.2) is 17.4 Å². The maximum absolute atomic E-state index is 12.5. The van der Waals surface area contributed by atoms with E-state index in [0.29, 0.717) is 19.6 Å². The van der Waals surface area contributed by atoms with Crippen molar-refractivity contribution in [2.24, 2.45) is 17.5 Å². The first-order valence-corrected chi connectivity index (χ1v) is 8.41. The summed E-state index contributed by atoms with van der Waals surface area (Å²) in [5.74, 6) is 0.878. The molecule has 0 atom stereocenters. The molecule has 1 N–H and O–H groups in total. The fraction of sp³-hybridized carbons (Fsp3) is 0.688. The number of aryl methyl sites for hydroxylation is 1. The number of piperazine rings is 1. The summed E-state index contributed by atoms with van der Waals surface area (Å²) in [4.78, 5) is 21.1. The SMILES string of the molecule is CCNC(=NCC1(C)COC1)N1CCN(c2cnn(C)c2)C(=O)C1.I. The molecule has 3 heterocycles. The number of carbonyl (C=O) groups excluding carboxylic acids is 1. The summed E-state index contributed by atoms with van der Waals surface area (Å²) >= 11 is 0. The molecule has 9 heteroatoms. The number of nitrogens with zero attached hydrogens (tertiary/aromatic N) is 5. The molecule has 2 saturated heterocycles. The van der Waals surface area contributed by atoms with Crippen LogP contribution in [0.25, 0.3) is 0 Å². The Morgan fingerprint density at radius 3 is 2.72 bits per heavy atom. The molecule has 0 aliphatic carbocycles. The molecule has 0 radical (unpaired) electrons. The van der Waals surface area contributed by atoms with Crippen LogP contribution in [0.4, 0.5) is 5.69 Å². The molecular formula is C16H27IN6O2. The first-order chi connectivity index (χ1) is 11.5. The fourth-order valence-corrected chi connectivity index (χ4v) is 2.91. The highest BCUT2D eigenvalue weighted by molar-refractivity contribution is 14.0. The summed E-state index contributed by atoms with van der Waals surface area (Å²) in [7, 11) is 1.85. The van der Waals surface area contributed by atoms with Crippen LogP contribution < -0.4 is 10.2 Å². The van der Waals surface area contributed by atoms with Crippen molar-refractivity contribution in [3.05, 3.63) is 12.4 Å². The van der Waals surface area contributed by atoms with Gasteiger partial charge in [-0.2, -0.15) is 5.10 Å². The van der Waals surface area contributed by atoms with E-state index in [0.717, 1.165) is 38.0 Å². The lowest BCUT2D eigenvalue weighted by Crippen LogP contribution is -2.55. The zero-order chi connectivity index (χ0) is 17.2. The van der Waals surface area contributed by atoms with Gasteiger partial charge in [0.25, 0.3) is 0 Å². The third-order valence-electron chi connectivity index (χ3n) is 4.37. The van der Waals surface area contributed by atoms with E-state index in [2.05, 4.69) is 17.3 Å². The van der Waals surface area contributed by atoms with Crippen molar-refractivity contribution in [3.8, 4) is 0 Å². The lowest BCUT2D eigenvalue weighted by molar-refractivity contribution is -0.120. The van der Waals surface area contributed by atoms with E-state index in [9.17, 15) is 4.79 Å². The maximum atomic E-state index is 12.5. The summed E-state index contributed by atoms with van der Waals surface area (Å²) in [6.45, 7) is 8.93. The fourth-order valence-electron chi connectivity index (χ4n) is 2.91. The van der Waals surface area contributed by atoms with Gasteiger partial charge in [-0.15, -0.1) is 24.0 Å². The molecule has 3 rings (SSSR count). The molecule has 0 spiro atoms. The summed E-state index contributed by atoms with van der Waals surface area (Å²) < 4.78 is 7.00. The van der Waals surface area contributed by atoms with Gasteiger partial charge in [0.1, 0.15) is 6.54 Å². The van der Waals surface area contributed by atoms with E-state index in [4.69, 9.17) is 9.73 Å². The summed E-state index contributed by atoms with van der Waals surface area (Å²) in [5.41, 5.74) is 0.977. The Bertz CT molecular complexity index is 628. The van der Waals surface area contributed by atoms with Crippen LogP contribution in [-0.4, -0.2) is 72.5 Å². The van der Waals surface area contributed by atoms with Gasteiger partial charge >= 0.3 is 0 Å². The van der Waals surface area contributed by atoms with E-state index < -0.39 is 0 Å². The zero-order valence-corrected chi connectivity index (χ0v) is 17.4. The quantitative estimate of drug-likeness (QED) is 0.405. The van der Waals surface area contributed by atoms with E-state index in [1.165, 1.54) is 0 Å². The predicted octanol–water partition coefficient (Wildman–Crippen LogP) is 0.689. The van der Waals surface area contributed by atoms with Crippen LogP contribution >= 0.6 is 24.0 Å². The Hall–Kier alpha value is -1.36. The number of nitrogens with one attached hydrogen (secondary N) is 1. The molecule has 2 aliphatic rings. The van der Waals surface area contributed by atoms with Crippen molar-refractivity contribution in [2.45, 2.75) is 13.8 Å². The van der Waals surface area contributed by atoms with Crippen molar-refractivity contribution < 1.29 is 9.53 Å². The molecule has 1 aromatic heterocycles. The van der Waals surface area contributed by atoms with Gasteiger partial charge in [0.2, 0.25) is 5.91 Å². The van der Waals surface area contributed by atoms with Crippen molar-refractivity contribution >= 4 is 41.5 Å². The molecular weight excluding hydrogens is 435 g/mol. The third kappa shape index (κ3) is 4.63. The minimum absolute atomic E-state index is 0. The van der Waals surface area contributed by atoms with E-state index >= 15 is 0 Å². The number of carbonyl (C=O) groups is 1. The van der Waals surface area contributed by atoms with Gasteiger partial charge in [-0.1, -0.05) is 6.92 Å². The second kappa shape index (κ2) is 8.35. The van der Waals surface area contributed by atoms with Gasteiger partial charge in [0.15, 0.2) is 5.96 Å². The standard InChI is InChI=1S/C16H26N6O2.HI/c1-4-17-15(18-10-16(2)11-24-12-16)21-5-6-22(14(23)9-21)13-7-19-20(3)8-13;/h7-8H,4-6,9-12H2,1-3H3,(H,17,18);1H. The van der Waals surface area contributed by atoms with Gasteiger partial charge in [-0.05, 0) is 6.92 Å². The lowest BCUT2D eigenvalue weighted by atomic mass is 9.89. The van der Waals surface area contributed by atoms with Crippen molar-refractivity contribution in [2.75, 3.05) is 50.8 Å². The minimum Gasteiger partial charge on any atom is -0.380 e. The molecule has 0 saturated carbocycles. The number of hydrogen-bond acceptors (Lipinski definition) is 4. The lowest BCUT2D eigenvalue weighted by Gasteiger charge is -2.38. The molecule has 2 fully saturated rings. The normalized spacial score (nSPS) is 20.1. The van der Waals surface area contributed by atoms with E-state index in [1.807, 2.05) is 25.1 Å². The number of aromatic nitrogens is 2. The largest absolute Gasteiger partial charge is 0.380 e. The van der Waals surface area contributed by atoms with Crippen LogP contribution in [0.5, 0.6) is 0 Å². The Morgan fingerprint density at radius 1 is 1.44 bits per heavy atom. The average Bonchev–Trinajstić information content (AvgIpc) is 2.95. The van der Waals surface area contributed by atoms with E-state index in [-0.39, 0.29) is 35.3 Å². The minimum atomic E-state index is 0. The number of halogens is 1. The topological polar surface area (TPSA) is 75.0 Å². The first-order valence-electron chi connectivity index (χ1n) is 8.41. The van der Waals surface area contributed by atoms with Crippen LogP contribution in [0.1, 0.15) is 13.8 Å². The highest BCUT2D eigenvalue weighted by Gasteiger charge is 2.34. The van der Waals surface area contributed by atoms with Gasteiger partial charge in [-0.25, -0.2) is 0 Å². The Kier molecular flexibility index (Phi) is 6.66. The number of rotatable bonds is 4. The molecule has 1 amide bonds. The summed E-state index contributed by atoms with van der Waals surface area (Å²) in [6, 6.07) is 0. The molecule has 25 heavy (non-hydrogen) atoms. The highest BCUT2D eigenvalue weighted by Crippen LogP contribution is 2.26. The van der Waals surface area contributed by atoms with Crippen molar-refractivity contribution in [1.29, 1.82) is 0 Å². The number of aliphatic imine (C=N–C) groups is 1. The van der Waals surface area contributed by atoms with Crippen LogP contribution in [0.3, 0.4) is 0 Å². The number of guanidine groups is 1. The van der Waals surface area contributed by atoms with E-state index in [1.54, 1.807) is 15.8 Å². The summed E-state index contributed by atoms with van der Waals surface area (Å²) in [5, 5.41) is 7.44. The molecule has 0 aromatic carbocycles. The van der Waals surface area contributed by atoms with Crippen LogP contribution in [0.2, 0.25) is 0 Å². The van der Waals surface area contributed by atoms with Crippen molar-refractivity contribution in [3.63, 3.8) is 0 Å². The number of ether oxygens (including phenoxy) is 1. The number of anilines is 1. The number of amides is 1. The van der Waals surface area contributed by atoms with Gasteiger partial charge in [-0.3, -0.25) is 14.5 Å². The molecule has 140 valence electrons. The maximum Gasteiger partial charge on any atom is 0.246 e. The molecule has 2 aliphatic heterocycles. The predicted molar refractivity (Wildman–Crippen MR) is 107 cm³/mol. The van der Waals surface area contributed by atoms with Gasteiger partial charge in [0.05, 0.1) is 31.6 Å². The smallest absolute Gasteiger partial charge is 0.246 e. The Balaban J connectivity index is 0.00000225.